The van der Waals surface area contributed by atoms with Gasteiger partial charge in [0, 0.05) is 20.1 Å². The van der Waals surface area contributed by atoms with Crippen LogP contribution in [0.25, 0.3) is 0 Å². The van der Waals surface area contributed by atoms with Gasteiger partial charge in [-0.25, -0.2) is 0 Å². The van der Waals surface area contributed by atoms with Crippen LogP contribution in [-0.4, -0.2) is 38.0 Å². The predicted molar refractivity (Wildman–Crippen MR) is 66.2 cm³/mol. The van der Waals surface area contributed by atoms with Gasteiger partial charge in [-0.2, -0.15) is 12.7 Å². The van der Waals surface area contributed by atoms with Crippen molar-refractivity contribution in [2.24, 2.45) is 0 Å². The summed E-state index contributed by atoms with van der Waals surface area (Å²) in [5.74, 6) is 0.126. The van der Waals surface area contributed by atoms with E-state index in [4.69, 9.17) is 0 Å². The molecule has 0 aliphatic carbocycles. The van der Waals surface area contributed by atoms with Crippen LogP contribution in [-0.2, 0) is 10.2 Å². The maximum atomic E-state index is 12.2. The van der Waals surface area contributed by atoms with Gasteiger partial charge in [-0.05, 0) is 37.1 Å². The van der Waals surface area contributed by atoms with Crippen molar-refractivity contribution in [1.29, 1.82) is 0 Å². The molecule has 2 rings (SSSR count). The zero-order valence-corrected chi connectivity index (χ0v) is 10.5. The molecule has 1 aromatic rings. The van der Waals surface area contributed by atoms with Crippen LogP contribution >= 0.6 is 0 Å². The lowest BCUT2D eigenvalue weighted by Gasteiger charge is -2.25. The lowest BCUT2D eigenvalue weighted by molar-refractivity contribution is 0.473. The van der Waals surface area contributed by atoms with Crippen molar-refractivity contribution in [3.05, 3.63) is 24.3 Å². The summed E-state index contributed by atoms with van der Waals surface area (Å²) in [6, 6.07) is 6.13. The summed E-state index contributed by atoms with van der Waals surface area (Å²) >= 11 is 0. The molecule has 0 radical (unpaired) electrons. The first-order valence-corrected chi connectivity index (χ1v) is 6.94. The van der Waals surface area contributed by atoms with Gasteiger partial charge in [0.2, 0.25) is 0 Å². The molecule has 1 fully saturated rings. The molecule has 1 aliphatic heterocycles. The van der Waals surface area contributed by atoms with Crippen LogP contribution in [0.3, 0.4) is 0 Å². The van der Waals surface area contributed by atoms with Gasteiger partial charge < -0.3 is 5.11 Å². The van der Waals surface area contributed by atoms with Crippen LogP contribution in [0.2, 0.25) is 0 Å². The maximum Gasteiger partial charge on any atom is 0.303 e. The molecule has 0 unspecified atom stereocenters. The monoisotopic (exact) mass is 256 g/mol. The Morgan fingerprint density at radius 3 is 2.24 bits per heavy atom. The second-order valence-corrected chi connectivity index (χ2v) is 6.06. The quantitative estimate of drug-likeness (QED) is 0.883. The molecular formula is C11H16N2O3S. The first-order chi connectivity index (χ1) is 8.01. The highest BCUT2D eigenvalue weighted by Crippen LogP contribution is 2.23. The molecule has 0 atom stereocenters. The van der Waals surface area contributed by atoms with E-state index >= 15 is 0 Å². The van der Waals surface area contributed by atoms with E-state index in [-0.39, 0.29) is 5.75 Å². The molecule has 0 saturated carbocycles. The fourth-order valence-corrected chi connectivity index (χ4v) is 3.34. The zero-order chi connectivity index (χ0) is 12.5. The highest BCUT2D eigenvalue weighted by molar-refractivity contribution is 7.90. The number of phenols is 1. The SMILES string of the molecule is CN(c1ccc(O)cc1)S(=O)(=O)N1CCCC1. The van der Waals surface area contributed by atoms with Crippen molar-refractivity contribution >= 4 is 15.9 Å². The summed E-state index contributed by atoms with van der Waals surface area (Å²) in [5, 5.41) is 9.17. The van der Waals surface area contributed by atoms with E-state index in [0.717, 1.165) is 12.8 Å². The summed E-state index contributed by atoms with van der Waals surface area (Å²) in [6.07, 6.45) is 1.84. The van der Waals surface area contributed by atoms with Gasteiger partial charge in [-0.3, -0.25) is 4.31 Å². The molecule has 1 aliphatic rings. The molecule has 1 aromatic carbocycles. The Hall–Kier alpha value is -1.27. The first-order valence-electron chi connectivity index (χ1n) is 5.55. The molecule has 6 heteroatoms. The van der Waals surface area contributed by atoms with Gasteiger partial charge in [0.1, 0.15) is 5.75 Å². The van der Waals surface area contributed by atoms with E-state index in [0.29, 0.717) is 18.8 Å². The summed E-state index contributed by atoms with van der Waals surface area (Å²) in [4.78, 5) is 0. The second kappa shape index (κ2) is 4.54. The van der Waals surface area contributed by atoms with Crippen LogP contribution in [0.4, 0.5) is 5.69 Å². The Labute approximate surface area is 101 Å². The molecule has 1 heterocycles. The van der Waals surface area contributed by atoms with Gasteiger partial charge in [0.15, 0.2) is 0 Å². The fraction of sp³-hybridized carbons (Fsp3) is 0.455. The molecule has 0 bridgehead atoms. The van der Waals surface area contributed by atoms with E-state index in [1.165, 1.54) is 27.8 Å². The second-order valence-electron chi connectivity index (χ2n) is 4.10. The Bertz CT molecular complexity index is 478. The summed E-state index contributed by atoms with van der Waals surface area (Å²) < 4.78 is 27.1. The van der Waals surface area contributed by atoms with Gasteiger partial charge >= 0.3 is 10.2 Å². The smallest absolute Gasteiger partial charge is 0.303 e. The third-order valence-corrected chi connectivity index (χ3v) is 4.87. The van der Waals surface area contributed by atoms with Gasteiger partial charge in [-0.15, -0.1) is 0 Å². The number of benzene rings is 1. The van der Waals surface area contributed by atoms with Gasteiger partial charge in [0.05, 0.1) is 5.69 Å². The van der Waals surface area contributed by atoms with Gasteiger partial charge in [-0.1, -0.05) is 0 Å². The molecule has 94 valence electrons. The van der Waals surface area contributed by atoms with E-state index in [1.807, 2.05) is 0 Å². The number of nitrogens with zero attached hydrogens (tertiary/aromatic N) is 2. The van der Waals surface area contributed by atoms with Crippen LogP contribution in [0, 0.1) is 0 Å². The minimum atomic E-state index is -3.42. The minimum absolute atomic E-state index is 0.126. The summed E-state index contributed by atoms with van der Waals surface area (Å²) in [5.41, 5.74) is 0.551. The third-order valence-electron chi connectivity index (χ3n) is 2.95. The summed E-state index contributed by atoms with van der Waals surface area (Å²) in [7, 11) is -1.89. The molecule has 1 N–H and O–H groups in total. The molecule has 5 nitrogen and oxygen atoms in total. The number of phenolic OH excluding ortho intramolecular Hbond substituents is 1. The number of hydrogen-bond donors (Lipinski definition) is 1. The third kappa shape index (κ3) is 2.37. The van der Waals surface area contributed by atoms with Crippen molar-refractivity contribution in [3.8, 4) is 5.75 Å². The molecule has 17 heavy (non-hydrogen) atoms. The van der Waals surface area contributed by atoms with Gasteiger partial charge in [0.25, 0.3) is 0 Å². The topological polar surface area (TPSA) is 60.9 Å². The van der Waals surface area contributed by atoms with E-state index in [1.54, 1.807) is 12.1 Å². The van der Waals surface area contributed by atoms with Crippen molar-refractivity contribution < 1.29 is 13.5 Å². The lowest BCUT2D eigenvalue weighted by atomic mass is 10.3. The predicted octanol–water partition coefficient (Wildman–Crippen LogP) is 1.17. The van der Waals surface area contributed by atoms with Crippen molar-refractivity contribution in [2.45, 2.75) is 12.8 Å². The average Bonchev–Trinajstić information content (AvgIpc) is 2.83. The van der Waals surface area contributed by atoms with E-state index in [9.17, 15) is 13.5 Å². The summed E-state index contributed by atoms with van der Waals surface area (Å²) in [6.45, 7) is 1.18. The van der Waals surface area contributed by atoms with Crippen LogP contribution in [0.1, 0.15) is 12.8 Å². The first kappa shape index (κ1) is 12.2. The normalized spacial score (nSPS) is 17.2. The Balaban J connectivity index is 2.24. The van der Waals surface area contributed by atoms with E-state index in [2.05, 4.69) is 0 Å². The highest BCUT2D eigenvalue weighted by atomic mass is 32.2. The molecule has 0 aromatic heterocycles. The van der Waals surface area contributed by atoms with Crippen LogP contribution in [0.15, 0.2) is 24.3 Å². The number of anilines is 1. The Kier molecular flexibility index (Phi) is 3.26. The fourth-order valence-electron chi connectivity index (χ4n) is 1.89. The number of hydrogen-bond acceptors (Lipinski definition) is 3. The lowest BCUT2D eigenvalue weighted by Crippen LogP contribution is -2.40. The average molecular weight is 256 g/mol. The van der Waals surface area contributed by atoms with Crippen LogP contribution in [0.5, 0.6) is 5.75 Å². The number of aromatic hydroxyl groups is 1. The molecular weight excluding hydrogens is 240 g/mol. The minimum Gasteiger partial charge on any atom is -0.508 e. The molecule has 1 saturated heterocycles. The highest BCUT2D eigenvalue weighted by Gasteiger charge is 2.29. The van der Waals surface area contributed by atoms with E-state index < -0.39 is 10.2 Å². The standard InChI is InChI=1S/C11H16N2O3S/c1-12(10-4-6-11(14)7-5-10)17(15,16)13-8-2-3-9-13/h4-7,14H,2-3,8-9H2,1H3. The van der Waals surface area contributed by atoms with Crippen molar-refractivity contribution in [1.82, 2.24) is 4.31 Å². The van der Waals surface area contributed by atoms with Crippen LogP contribution < -0.4 is 4.31 Å². The zero-order valence-electron chi connectivity index (χ0n) is 9.70. The molecule has 0 amide bonds. The van der Waals surface area contributed by atoms with Crippen molar-refractivity contribution in [3.63, 3.8) is 0 Å². The maximum absolute atomic E-state index is 12.2. The Morgan fingerprint density at radius 2 is 1.71 bits per heavy atom. The number of rotatable bonds is 3. The Morgan fingerprint density at radius 1 is 1.18 bits per heavy atom. The molecule has 0 spiro atoms. The van der Waals surface area contributed by atoms with Crippen molar-refractivity contribution in [2.75, 3.05) is 24.4 Å². The largest absolute Gasteiger partial charge is 0.508 e.